The van der Waals surface area contributed by atoms with Crippen LogP contribution in [0.25, 0.3) is 0 Å². The summed E-state index contributed by atoms with van der Waals surface area (Å²) < 4.78 is 0. The monoisotopic (exact) mass is 380 g/mol. The van der Waals surface area contributed by atoms with Gasteiger partial charge < -0.3 is 9.80 Å². The summed E-state index contributed by atoms with van der Waals surface area (Å²) in [6.45, 7) is 4.83. The molecule has 29 heavy (non-hydrogen) atoms. The summed E-state index contributed by atoms with van der Waals surface area (Å²) in [7, 11) is 0. The van der Waals surface area contributed by atoms with Crippen LogP contribution in [-0.2, 0) is 5.41 Å². The maximum Gasteiger partial charge on any atom is 0.118 e. The highest BCUT2D eigenvalue weighted by atomic mass is 15.4. The summed E-state index contributed by atoms with van der Waals surface area (Å²) in [5.41, 5.74) is 7.49. The third-order valence-corrected chi connectivity index (χ3v) is 8.28. The van der Waals surface area contributed by atoms with Crippen molar-refractivity contribution in [1.29, 1.82) is 0 Å². The smallest absolute Gasteiger partial charge is 0.118 e. The molecule has 2 heterocycles. The lowest BCUT2D eigenvalue weighted by atomic mass is 9.42. The summed E-state index contributed by atoms with van der Waals surface area (Å²) in [5.74, 6) is 0. The van der Waals surface area contributed by atoms with Gasteiger partial charge in [0.2, 0.25) is 0 Å². The predicted molar refractivity (Wildman–Crippen MR) is 121 cm³/mol. The average molecular weight is 381 g/mol. The molecule has 2 heteroatoms. The molecule has 1 aliphatic carbocycles. The van der Waals surface area contributed by atoms with Gasteiger partial charge in [-0.05, 0) is 61.6 Å². The van der Waals surface area contributed by atoms with Gasteiger partial charge in [-0.3, -0.25) is 0 Å². The Labute approximate surface area is 173 Å². The van der Waals surface area contributed by atoms with Crippen LogP contribution in [-0.4, -0.2) is 6.17 Å². The fourth-order valence-electron chi connectivity index (χ4n) is 6.91. The third kappa shape index (κ3) is 1.88. The number of para-hydroxylation sites is 4. The Balaban J connectivity index is 1.69. The largest absolute Gasteiger partial charge is 0.318 e. The maximum atomic E-state index is 2.66. The van der Waals surface area contributed by atoms with E-state index in [0.29, 0.717) is 6.17 Å². The highest BCUT2D eigenvalue weighted by Gasteiger charge is 2.68. The summed E-state index contributed by atoms with van der Waals surface area (Å²) in [6, 6.07) is 29.2. The molecule has 146 valence electrons. The van der Waals surface area contributed by atoms with Crippen molar-refractivity contribution in [3.05, 3.63) is 84.4 Å². The van der Waals surface area contributed by atoms with Gasteiger partial charge in [0.15, 0.2) is 0 Å². The summed E-state index contributed by atoms with van der Waals surface area (Å²) in [5, 5.41) is 0. The van der Waals surface area contributed by atoms with Gasteiger partial charge in [0, 0.05) is 22.2 Å². The minimum atomic E-state index is 0.255. The van der Waals surface area contributed by atoms with Crippen LogP contribution in [0.4, 0.5) is 22.7 Å². The van der Waals surface area contributed by atoms with Crippen LogP contribution in [0.2, 0.25) is 0 Å². The minimum absolute atomic E-state index is 0.255. The van der Waals surface area contributed by atoms with E-state index in [1.54, 1.807) is 5.56 Å². The van der Waals surface area contributed by atoms with Crippen LogP contribution >= 0.6 is 0 Å². The van der Waals surface area contributed by atoms with Crippen LogP contribution in [0, 0.1) is 5.41 Å². The fourth-order valence-corrected chi connectivity index (χ4v) is 6.91. The van der Waals surface area contributed by atoms with Crippen molar-refractivity contribution in [2.24, 2.45) is 5.41 Å². The molecule has 0 N–H and O–H groups in total. The van der Waals surface area contributed by atoms with E-state index in [2.05, 4.69) is 103 Å². The Hall–Kier alpha value is -2.74. The van der Waals surface area contributed by atoms with Crippen molar-refractivity contribution in [1.82, 2.24) is 0 Å². The van der Waals surface area contributed by atoms with E-state index in [1.165, 1.54) is 48.4 Å². The van der Waals surface area contributed by atoms with Crippen LogP contribution in [0.1, 0.15) is 45.1 Å². The summed E-state index contributed by atoms with van der Waals surface area (Å²) >= 11 is 0. The second-order valence-electron chi connectivity index (χ2n) is 8.90. The Morgan fingerprint density at radius 3 is 1.93 bits per heavy atom. The zero-order valence-electron chi connectivity index (χ0n) is 17.3. The first kappa shape index (κ1) is 17.1. The van der Waals surface area contributed by atoms with Gasteiger partial charge in [0.25, 0.3) is 0 Å². The normalized spacial score (nSPS) is 28.8. The highest BCUT2D eigenvalue weighted by molar-refractivity contribution is 5.91. The summed E-state index contributed by atoms with van der Waals surface area (Å²) in [4.78, 5) is 5.30. The highest BCUT2D eigenvalue weighted by Crippen LogP contribution is 2.72. The van der Waals surface area contributed by atoms with E-state index in [-0.39, 0.29) is 10.8 Å². The lowest BCUT2D eigenvalue weighted by molar-refractivity contribution is -0.0454. The molecular formula is C27H28N2. The molecule has 3 unspecified atom stereocenters. The van der Waals surface area contributed by atoms with Crippen LogP contribution in [0.3, 0.4) is 0 Å². The Morgan fingerprint density at radius 2 is 1.31 bits per heavy atom. The van der Waals surface area contributed by atoms with Gasteiger partial charge >= 0.3 is 0 Å². The molecule has 0 saturated heterocycles. The first-order valence-corrected chi connectivity index (χ1v) is 11.1. The van der Waals surface area contributed by atoms with E-state index in [0.717, 1.165) is 0 Å². The number of hydrogen-bond acceptors (Lipinski definition) is 2. The molecule has 3 aliphatic rings. The minimum Gasteiger partial charge on any atom is -0.318 e. The van der Waals surface area contributed by atoms with Gasteiger partial charge in [0.1, 0.15) is 6.17 Å². The molecule has 0 amide bonds. The molecule has 0 radical (unpaired) electrons. The van der Waals surface area contributed by atoms with Gasteiger partial charge in [-0.25, -0.2) is 0 Å². The topological polar surface area (TPSA) is 6.48 Å². The molecule has 0 aromatic heterocycles. The number of fused-ring (bicyclic) bond motifs is 8. The number of rotatable bonds is 3. The van der Waals surface area contributed by atoms with Crippen molar-refractivity contribution in [2.45, 2.75) is 51.1 Å². The molecule has 6 rings (SSSR count). The Bertz CT molecular complexity index is 1070. The molecule has 1 saturated carbocycles. The average Bonchev–Trinajstić information content (AvgIpc) is 3.10. The lowest BCUT2D eigenvalue weighted by Gasteiger charge is -2.68. The first-order valence-electron chi connectivity index (χ1n) is 11.1. The van der Waals surface area contributed by atoms with Gasteiger partial charge in [-0.15, -0.1) is 0 Å². The molecule has 2 aliphatic heterocycles. The van der Waals surface area contributed by atoms with Crippen molar-refractivity contribution >= 4 is 22.7 Å². The summed E-state index contributed by atoms with van der Waals surface area (Å²) in [6.07, 6.45) is 5.34. The molecule has 0 bridgehead atoms. The lowest BCUT2D eigenvalue weighted by Crippen LogP contribution is -2.69. The fraction of sp³-hybridized carbons (Fsp3) is 0.333. The number of anilines is 4. The van der Waals surface area contributed by atoms with E-state index in [4.69, 9.17) is 0 Å². The molecule has 0 spiro atoms. The molecule has 3 aromatic carbocycles. The molecule has 1 fully saturated rings. The Morgan fingerprint density at radius 1 is 0.690 bits per heavy atom. The van der Waals surface area contributed by atoms with Crippen LogP contribution in [0.15, 0.2) is 78.9 Å². The van der Waals surface area contributed by atoms with E-state index in [9.17, 15) is 0 Å². The van der Waals surface area contributed by atoms with Crippen LogP contribution < -0.4 is 9.80 Å². The zero-order chi connectivity index (χ0) is 19.6. The molecular weight excluding hydrogens is 352 g/mol. The van der Waals surface area contributed by atoms with E-state index >= 15 is 0 Å². The van der Waals surface area contributed by atoms with Crippen molar-refractivity contribution in [3.63, 3.8) is 0 Å². The predicted octanol–water partition coefficient (Wildman–Crippen LogP) is 7.15. The SMILES string of the molecule is CCC12CCC1(CC)C1N(c3ccccc3)c3ccccc3N1c1ccccc12. The zero-order valence-corrected chi connectivity index (χ0v) is 17.3. The van der Waals surface area contributed by atoms with E-state index in [1.807, 2.05) is 0 Å². The van der Waals surface area contributed by atoms with Gasteiger partial charge in [-0.2, -0.15) is 0 Å². The van der Waals surface area contributed by atoms with Gasteiger partial charge in [0.05, 0.1) is 11.4 Å². The standard InChI is InChI=1S/C27H28N2/c1-3-26-18-19-27(26,4-2)25-28(20-12-6-5-7-13-20)23-16-10-11-17-24(23)29(25)22-15-9-8-14-21(22)26/h5-17,25H,3-4,18-19H2,1-2H3. The first-order chi connectivity index (χ1) is 14.3. The second-order valence-corrected chi connectivity index (χ2v) is 8.90. The molecule has 3 aromatic rings. The van der Waals surface area contributed by atoms with Crippen molar-refractivity contribution in [3.8, 4) is 0 Å². The Kier molecular flexibility index (Phi) is 3.48. The van der Waals surface area contributed by atoms with Crippen molar-refractivity contribution < 1.29 is 0 Å². The second kappa shape index (κ2) is 5.89. The van der Waals surface area contributed by atoms with E-state index < -0.39 is 0 Å². The van der Waals surface area contributed by atoms with Gasteiger partial charge in [-0.1, -0.05) is 62.4 Å². The third-order valence-electron chi connectivity index (χ3n) is 8.28. The number of hydrogen-bond donors (Lipinski definition) is 0. The molecule has 2 nitrogen and oxygen atoms in total. The van der Waals surface area contributed by atoms with Crippen LogP contribution in [0.5, 0.6) is 0 Å². The molecule has 3 atom stereocenters. The quantitative estimate of drug-likeness (QED) is 0.476. The maximum absolute atomic E-state index is 2.66. The number of nitrogens with zero attached hydrogens (tertiary/aromatic N) is 2. The van der Waals surface area contributed by atoms with Crippen molar-refractivity contribution in [2.75, 3.05) is 9.80 Å². The number of benzene rings is 3.